The summed E-state index contributed by atoms with van der Waals surface area (Å²) in [6.07, 6.45) is 7.57. The van der Waals surface area contributed by atoms with Gasteiger partial charge < -0.3 is 20.4 Å². The highest BCUT2D eigenvalue weighted by Crippen LogP contribution is 2.35. The van der Waals surface area contributed by atoms with Crippen molar-refractivity contribution < 1.29 is 9.59 Å². The van der Waals surface area contributed by atoms with Crippen LogP contribution in [0.25, 0.3) is 0 Å². The molecule has 2 aromatic rings. The molecule has 0 aromatic heterocycles. The van der Waals surface area contributed by atoms with E-state index in [-0.39, 0.29) is 12.1 Å². The number of nitrogens with zero attached hydrogens (tertiary/aromatic N) is 2. The van der Waals surface area contributed by atoms with Gasteiger partial charge in [-0.05, 0) is 48.6 Å². The molecule has 1 aliphatic heterocycles. The van der Waals surface area contributed by atoms with Gasteiger partial charge in [0.05, 0.1) is 6.04 Å². The summed E-state index contributed by atoms with van der Waals surface area (Å²) in [5, 5.41) is 5.89. The summed E-state index contributed by atoms with van der Waals surface area (Å²) in [6.45, 7) is 1.27. The van der Waals surface area contributed by atoms with Crippen LogP contribution < -0.4 is 20.4 Å². The van der Waals surface area contributed by atoms with Gasteiger partial charge in [0.15, 0.2) is 0 Å². The molecule has 2 N–H and O–H groups in total. The lowest BCUT2D eigenvalue weighted by Crippen LogP contribution is -2.46. The Labute approximate surface area is 197 Å². The Balaban J connectivity index is 1.47. The van der Waals surface area contributed by atoms with Gasteiger partial charge in [-0.3, -0.25) is 9.59 Å². The normalized spacial score (nSPS) is 17.1. The number of carbonyl (C=O) groups is 2. The molecule has 176 valence electrons. The average molecular weight is 449 g/mol. The molecule has 1 saturated carbocycles. The monoisotopic (exact) mass is 448 g/mol. The van der Waals surface area contributed by atoms with Crippen molar-refractivity contribution in [1.82, 2.24) is 10.6 Å². The third-order valence-electron chi connectivity index (χ3n) is 6.95. The number of amides is 2. The first-order valence-corrected chi connectivity index (χ1v) is 12.2. The Hall–Kier alpha value is -3.02. The van der Waals surface area contributed by atoms with Crippen molar-refractivity contribution >= 4 is 23.2 Å². The maximum atomic E-state index is 12.7. The zero-order chi connectivity index (χ0) is 23.2. The van der Waals surface area contributed by atoms with Gasteiger partial charge in [0, 0.05) is 44.6 Å². The maximum absolute atomic E-state index is 12.7. The smallest absolute Gasteiger partial charge is 0.309 e. The predicted octanol–water partition coefficient (Wildman–Crippen LogP) is 3.81. The van der Waals surface area contributed by atoms with Crippen molar-refractivity contribution in [1.29, 1.82) is 0 Å². The molecule has 1 atom stereocenters. The van der Waals surface area contributed by atoms with E-state index in [9.17, 15) is 9.59 Å². The van der Waals surface area contributed by atoms with E-state index in [0.717, 1.165) is 49.9 Å². The first kappa shape index (κ1) is 23.1. The second kappa shape index (κ2) is 10.7. The molecule has 6 heteroatoms. The van der Waals surface area contributed by atoms with Crippen molar-refractivity contribution in [2.45, 2.75) is 57.0 Å². The number of fused-ring (bicyclic) bond motifs is 1. The van der Waals surface area contributed by atoms with Gasteiger partial charge in [0.2, 0.25) is 0 Å². The van der Waals surface area contributed by atoms with Crippen molar-refractivity contribution in [3.05, 3.63) is 59.7 Å². The van der Waals surface area contributed by atoms with Crippen molar-refractivity contribution in [3.8, 4) is 0 Å². The third kappa shape index (κ3) is 5.67. The van der Waals surface area contributed by atoms with E-state index in [4.69, 9.17) is 0 Å². The number of anilines is 2. The highest BCUT2D eigenvalue weighted by atomic mass is 16.2. The fourth-order valence-corrected chi connectivity index (χ4v) is 5.03. The summed E-state index contributed by atoms with van der Waals surface area (Å²) in [7, 11) is 4.05. The van der Waals surface area contributed by atoms with Crippen molar-refractivity contribution in [2.24, 2.45) is 0 Å². The molecule has 4 rings (SSSR count). The van der Waals surface area contributed by atoms with Gasteiger partial charge in [-0.15, -0.1) is 0 Å². The van der Waals surface area contributed by atoms with E-state index in [1.807, 2.05) is 14.1 Å². The highest BCUT2D eigenvalue weighted by Gasteiger charge is 2.28. The van der Waals surface area contributed by atoms with Gasteiger partial charge in [-0.2, -0.15) is 0 Å². The van der Waals surface area contributed by atoms with Crippen LogP contribution in [-0.4, -0.2) is 45.0 Å². The van der Waals surface area contributed by atoms with E-state index >= 15 is 0 Å². The molecule has 6 nitrogen and oxygen atoms in total. The summed E-state index contributed by atoms with van der Waals surface area (Å²) < 4.78 is 0. The molecule has 1 heterocycles. The Morgan fingerprint density at radius 1 is 0.970 bits per heavy atom. The van der Waals surface area contributed by atoms with E-state index in [2.05, 4.69) is 69.0 Å². The number of rotatable bonds is 6. The molecule has 0 spiro atoms. The molecule has 2 aromatic carbocycles. The average Bonchev–Trinajstić information content (AvgIpc) is 3.08. The predicted molar refractivity (Wildman–Crippen MR) is 134 cm³/mol. The SMILES string of the molecule is CN(C)c1ccc([C@@H](CNC(=O)C(=O)NC2CCCCCC2)N2CCc3ccccc32)cc1. The minimum atomic E-state index is -0.540. The minimum absolute atomic E-state index is 0.0421. The molecule has 1 fully saturated rings. The second-order valence-electron chi connectivity index (χ2n) is 9.45. The van der Waals surface area contributed by atoms with Crippen LogP contribution in [0.3, 0.4) is 0 Å². The number of nitrogens with one attached hydrogen (secondary N) is 2. The van der Waals surface area contributed by atoms with Crippen LogP contribution in [-0.2, 0) is 16.0 Å². The number of hydrogen-bond acceptors (Lipinski definition) is 4. The molecule has 33 heavy (non-hydrogen) atoms. The lowest BCUT2D eigenvalue weighted by Gasteiger charge is -2.31. The first-order chi connectivity index (χ1) is 16.0. The summed E-state index contributed by atoms with van der Waals surface area (Å²) in [5.74, 6) is -1.05. The number of para-hydroxylation sites is 1. The lowest BCUT2D eigenvalue weighted by atomic mass is 10.0. The van der Waals surface area contributed by atoms with Crippen molar-refractivity contribution in [2.75, 3.05) is 37.0 Å². The van der Waals surface area contributed by atoms with Gasteiger partial charge in [0.25, 0.3) is 0 Å². The van der Waals surface area contributed by atoms with Crippen LogP contribution in [0.15, 0.2) is 48.5 Å². The topological polar surface area (TPSA) is 64.7 Å². The molecule has 0 radical (unpaired) electrons. The summed E-state index contributed by atoms with van der Waals surface area (Å²) >= 11 is 0. The zero-order valence-electron chi connectivity index (χ0n) is 19.8. The minimum Gasteiger partial charge on any atom is -0.378 e. The Bertz CT molecular complexity index is 949. The van der Waals surface area contributed by atoms with Crippen LogP contribution in [0.2, 0.25) is 0 Å². The second-order valence-corrected chi connectivity index (χ2v) is 9.45. The first-order valence-electron chi connectivity index (χ1n) is 12.2. The lowest BCUT2D eigenvalue weighted by molar-refractivity contribution is -0.139. The standard InChI is InChI=1S/C27H36N4O2/c1-30(2)23-15-13-21(14-16-23)25(31-18-17-20-9-7-8-12-24(20)31)19-28-26(32)27(33)29-22-10-5-3-4-6-11-22/h7-9,12-16,22,25H,3-6,10-11,17-19H2,1-2H3,(H,28,32)(H,29,33)/t25-/m1/s1. The molecular weight excluding hydrogens is 412 g/mol. The van der Waals surface area contributed by atoms with E-state index < -0.39 is 11.8 Å². The maximum Gasteiger partial charge on any atom is 0.309 e. The van der Waals surface area contributed by atoms with Gasteiger partial charge >= 0.3 is 11.8 Å². The molecule has 0 unspecified atom stereocenters. The largest absolute Gasteiger partial charge is 0.378 e. The van der Waals surface area contributed by atoms with Crippen LogP contribution in [0, 0.1) is 0 Å². The highest BCUT2D eigenvalue weighted by molar-refractivity contribution is 6.35. The van der Waals surface area contributed by atoms with Crippen molar-refractivity contribution in [3.63, 3.8) is 0 Å². The van der Waals surface area contributed by atoms with Crippen LogP contribution in [0.4, 0.5) is 11.4 Å². The third-order valence-corrected chi connectivity index (χ3v) is 6.95. The fourth-order valence-electron chi connectivity index (χ4n) is 5.03. The molecular formula is C27H36N4O2. The molecule has 0 bridgehead atoms. The van der Waals surface area contributed by atoms with Crippen LogP contribution in [0.1, 0.15) is 55.7 Å². The van der Waals surface area contributed by atoms with E-state index in [0.29, 0.717) is 6.54 Å². The Morgan fingerprint density at radius 3 is 2.36 bits per heavy atom. The molecule has 2 amide bonds. The van der Waals surface area contributed by atoms with Gasteiger partial charge in [-0.1, -0.05) is 56.0 Å². The quantitative estimate of drug-likeness (QED) is 0.521. The number of hydrogen-bond donors (Lipinski definition) is 2. The molecule has 0 saturated heterocycles. The van der Waals surface area contributed by atoms with Crippen LogP contribution >= 0.6 is 0 Å². The van der Waals surface area contributed by atoms with E-state index in [1.54, 1.807) is 0 Å². The Morgan fingerprint density at radius 2 is 1.67 bits per heavy atom. The summed E-state index contributed by atoms with van der Waals surface area (Å²) in [6, 6.07) is 17.0. The summed E-state index contributed by atoms with van der Waals surface area (Å²) in [5.41, 5.74) is 4.79. The van der Waals surface area contributed by atoms with Gasteiger partial charge in [-0.25, -0.2) is 0 Å². The molecule has 1 aliphatic carbocycles. The molecule has 2 aliphatic rings. The summed E-state index contributed by atoms with van der Waals surface area (Å²) in [4.78, 5) is 29.7. The van der Waals surface area contributed by atoms with Gasteiger partial charge in [0.1, 0.15) is 0 Å². The van der Waals surface area contributed by atoms with Crippen LogP contribution in [0.5, 0.6) is 0 Å². The zero-order valence-corrected chi connectivity index (χ0v) is 19.8. The number of benzene rings is 2. The fraction of sp³-hybridized carbons (Fsp3) is 0.481. The Kier molecular flexibility index (Phi) is 7.53. The van der Waals surface area contributed by atoms with E-state index in [1.165, 1.54) is 24.1 Å². The number of carbonyl (C=O) groups excluding carboxylic acids is 2.